The molecule has 1 atom stereocenters. The zero-order valence-corrected chi connectivity index (χ0v) is 9.74. The second-order valence-corrected chi connectivity index (χ2v) is 3.79. The van der Waals surface area contributed by atoms with Crippen LogP contribution in [-0.4, -0.2) is 0 Å². The topological polar surface area (TPSA) is 71.4 Å². The Kier molecular flexibility index (Phi) is 7.56. The molecule has 0 saturated carbocycles. The van der Waals surface area contributed by atoms with E-state index < -0.39 is 5.41 Å². The van der Waals surface area contributed by atoms with E-state index in [2.05, 4.69) is 19.1 Å². The molecule has 0 aromatic carbocycles. The summed E-state index contributed by atoms with van der Waals surface area (Å²) >= 11 is 0. The summed E-state index contributed by atoms with van der Waals surface area (Å²) in [6.07, 6.45) is 7.57. The summed E-state index contributed by atoms with van der Waals surface area (Å²) in [7, 11) is 0. The number of nitriles is 3. The number of hydrogen-bond donors (Lipinski definition) is 0. The zero-order chi connectivity index (χ0) is 12.3. The SMILES string of the molecule is CCCCC(C#N)(/C=C/CC#N)CCC#N. The maximum atomic E-state index is 9.24. The molecule has 0 aromatic rings. The van der Waals surface area contributed by atoms with Gasteiger partial charge in [0.15, 0.2) is 0 Å². The molecule has 0 aliphatic rings. The zero-order valence-electron chi connectivity index (χ0n) is 9.74. The summed E-state index contributed by atoms with van der Waals surface area (Å²) in [5.74, 6) is 0. The molecule has 0 heterocycles. The Bertz CT molecular complexity index is 338. The second-order valence-electron chi connectivity index (χ2n) is 3.79. The van der Waals surface area contributed by atoms with Crippen molar-refractivity contribution in [1.29, 1.82) is 15.8 Å². The van der Waals surface area contributed by atoms with Gasteiger partial charge >= 0.3 is 0 Å². The average Bonchev–Trinajstić information content (AvgIpc) is 2.32. The number of nitrogens with zero attached hydrogens (tertiary/aromatic N) is 3. The van der Waals surface area contributed by atoms with Crippen molar-refractivity contribution in [3.05, 3.63) is 12.2 Å². The van der Waals surface area contributed by atoms with Crippen molar-refractivity contribution >= 4 is 0 Å². The van der Waals surface area contributed by atoms with E-state index >= 15 is 0 Å². The van der Waals surface area contributed by atoms with E-state index in [4.69, 9.17) is 10.5 Å². The van der Waals surface area contributed by atoms with Crippen LogP contribution < -0.4 is 0 Å². The van der Waals surface area contributed by atoms with Crippen molar-refractivity contribution in [2.75, 3.05) is 0 Å². The summed E-state index contributed by atoms with van der Waals surface area (Å²) in [6.45, 7) is 2.07. The van der Waals surface area contributed by atoms with Crippen molar-refractivity contribution in [2.45, 2.75) is 45.4 Å². The maximum Gasteiger partial charge on any atom is 0.0763 e. The third-order valence-electron chi connectivity index (χ3n) is 2.53. The highest BCUT2D eigenvalue weighted by atomic mass is 14.4. The van der Waals surface area contributed by atoms with Crippen molar-refractivity contribution in [1.82, 2.24) is 0 Å². The minimum absolute atomic E-state index is 0.322. The second kappa shape index (κ2) is 8.51. The van der Waals surface area contributed by atoms with E-state index in [0.717, 1.165) is 19.3 Å². The van der Waals surface area contributed by atoms with Crippen LogP contribution in [0.15, 0.2) is 12.2 Å². The molecular weight excluding hydrogens is 198 g/mol. The minimum atomic E-state index is -0.553. The fourth-order valence-corrected chi connectivity index (χ4v) is 1.55. The smallest absolute Gasteiger partial charge is 0.0763 e. The molecule has 0 aliphatic heterocycles. The summed E-state index contributed by atoms with van der Waals surface area (Å²) in [5, 5.41) is 26.3. The van der Waals surface area contributed by atoms with Crippen LogP contribution in [0, 0.1) is 39.4 Å². The average molecular weight is 215 g/mol. The Morgan fingerprint density at radius 2 is 1.88 bits per heavy atom. The Hall–Kier alpha value is -1.79. The molecular formula is C13H17N3. The highest BCUT2D eigenvalue weighted by molar-refractivity contribution is 5.14. The number of hydrogen-bond acceptors (Lipinski definition) is 3. The van der Waals surface area contributed by atoms with Crippen LogP contribution in [0.2, 0.25) is 0 Å². The van der Waals surface area contributed by atoms with Crippen LogP contribution in [0.3, 0.4) is 0 Å². The van der Waals surface area contributed by atoms with Crippen LogP contribution in [0.25, 0.3) is 0 Å². The predicted molar refractivity (Wildman–Crippen MR) is 61.8 cm³/mol. The first-order valence-electron chi connectivity index (χ1n) is 5.57. The predicted octanol–water partition coefficient (Wildman–Crippen LogP) is 3.46. The van der Waals surface area contributed by atoms with E-state index in [1.165, 1.54) is 0 Å². The molecule has 1 unspecified atom stereocenters. The lowest BCUT2D eigenvalue weighted by Gasteiger charge is -2.21. The van der Waals surface area contributed by atoms with Crippen molar-refractivity contribution in [3.63, 3.8) is 0 Å². The van der Waals surface area contributed by atoms with E-state index in [1.807, 2.05) is 12.1 Å². The lowest BCUT2D eigenvalue weighted by atomic mass is 9.79. The molecule has 0 bridgehead atoms. The Morgan fingerprint density at radius 1 is 1.12 bits per heavy atom. The number of rotatable bonds is 7. The van der Waals surface area contributed by atoms with Gasteiger partial charge in [0, 0.05) is 6.42 Å². The maximum absolute atomic E-state index is 9.24. The Labute approximate surface area is 97.6 Å². The molecule has 0 fully saturated rings. The van der Waals surface area contributed by atoms with Gasteiger partial charge in [0.2, 0.25) is 0 Å². The summed E-state index contributed by atoms with van der Waals surface area (Å²) in [5.41, 5.74) is -0.553. The van der Waals surface area contributed by atoms with Gasteiger partial charge in [-0.1, -0.05) is 31.9 Å². The first-order valence-corrected chi connectivity index (χ1v) is 5.57. The highest BCUT2D eigenvalue weighted by Crippen LogP contribution is 2.31. The number of unbranched alkanes of at least 4 members (excludes halogenated alkanes) is 1. The van der Waals surface area contributed by atoms with Crippen molar-refractivity contribution in [2.24, 2.45) is 5.41 Å². The summed E-state index contributed by atoms with van der Waals surface area (Å²) < 4.78 is 0. The molecule has 3 heteroatoms. The fourth-order valence-electron chi connectivity index (χ4n) is 1.55. The van der Waals surface area contributed by atoms with Crippen LogP contribution in [0.4, 0.5) is 0 Å². The quantitative estimate of drug-likeness (QED) is 0.610. The third kappa shape index (κ3) is 5.18. The highest BCUT2D eigenvalue weighted by Gasteiger charge is 2.25. The molecule has 16 heavy (non-hydrogen) atoms. The van der Waals surface area contributed by atoms with Gasteiger partial charge in [0.25, 0.3) is 0 Å². The Balaban J connectivity index is 4.63. The summed E-state index contributed by atoms with van der Waals surface area (Å²) in [6, 6.07) is 6.39. The van der Waals surface area contributed by atoms with Gasteiger partial charge in [-0.05, 0) is 12.8 Å². The largest absolute Gasteiger partial charge is 0.198 e. The standard InChI is InChI=1S/C13H17N3/c1-2-3-7-13(12-16,9-6-11-15)8-4-5-10-14/h4,8H,2-3,5-7,9H2,1H3/b8-4+. The minimum Gasteiger partial charge on any atom is -0.198 e. The van der Waals surface area contributed by atoms with Crippen LogP contribution >= 0.6 is 0 Å². The normalized spacial score (nSPS) is 13.6. The molecule has 0 spiro atoms. The van der Waals surface area contributed by atoms with E-state index in [0.29, 0.717) is 19.3 Å². The summed E-state index contributed by atoms with van der Waals surface area (Å²) in [4.78, 5) is 0. The fraction of sp³-hybridized carbons (Fsp3) is 0.615. The van der Waals surface area contributed by atoms with Crippen LogP contribution in [0.5, 0.6) is 0 Å². The molecule has 3 nitrogen and oxygen atoms in total. The third-order valence-corrected chi connectivity index (χ3v) is 2.53. The van der Waals surface area contributed by atoms with Gasteiger partial charge in [0.1, 0.15) is 0 Å². The van der Waals surface area contributed by atoms with Gasteiger partial charge in [-0.25, -0.2) is 0 Å². The molecule has 0 radical (unpaired) electrons. The lowest BCUT2D eigenvalue weighted by molar-refractivity contribution is 0.415. The van der Waals surface area contributed by atoms with Crippen LogP contribution in [0.1, 0.15) is 45.4 Å². The molecule has 0 aliphatic carbocycles. The first kappa shape index (κ1) is 14.2. The molecule has 84 valence electrons. The van der Waals surface area contributed by atoms with E-state index in [9.17, 15) is 5.26 Å². The molecule has 0 aromatic heterocycles. The van der Waals surface area contributed by atoms with Gasteiger partial charge in [-0.2, -0.15) is 15.8 Å². The molecule has 0 saturated heterocycles. The van der Waals surface area contributed by atoms with Crippen LogP contribution in [-0.2, 0) is 0 Å². The van der Waals surface area contributed by atoms with Crippen molar-refractivity contribution in [3.8, 4) is 18.2 Å². The lowest BCUT2D eigenvalue weighted by Crippen LogP contribution is -2.15. The van der Waals surface area contributed by atoms with E-state index in [-0.39, 0.29) is 0 Å². The molecule has 0 amide bonds. The van der Waals surface area contributed by atoms with Gasteiger partial charge in [-0.3, -0.25) is 0 Å². The van der Waals surface area contributed by atoms with Gasteiger partial charge in [0.05, 0.1) is 30.0 Å². The molecule has 0 N–H and O–H groups in total. The Morgan fingerprint density at radius 3 is 2.38 bits per heavy atom. The van der Waals surface area contributed by atoms with Crippen molar-refractivity contribution < 1.29 is 0 Å². The van der Waals surface area contributed by atoms with Gasteiger partial charge < -0.3 is 0 Å². The van der Waals surface area contributed by atoms with Gasteiger partial charge in [-0.15, -0.1) is 0 Å². The molecule has 0 rings (SSSR count). The van der Waals surface area contributed by atoms with E-state index in [1.54, 1.807) is 6.08 Å². The number of allylic oxidation sites excluding steroid dienone is 2. The first-order chi connectivity index (χ1) is 7.74. The monoisotopic (exact) mass is 215 g/mol.